The summed E-state index contributed by atoms with van der Waals surface area (Å²) in [6, 6.07) is 21.6. The third kappa shape index (κ3) is 3.28. The molecule has 1 aromatic heterocycles. The molecule has 0 spiro atoms. The number of hydrogen-bond acceptors (Lipinski definition) is 2. The van der Waals surface area contributed by atoms with Gasteiger partial charge in [-0.3, -0.25) is 4.79 Å². The van der Waals surface area contributed by atoms with Crippen molar-refractivity contribution in [3.8, 4) is 0 Å². The average Bonchev–Trinajstić information content (AvgIpc) is 3.16. The van der Waals surface area contributed by atoms with Gasteiger partial charge in [-0.2, -0.15) is 0 Å². The van der Waals surface area contributed by atoms with Crippen molar-refractivity contribution in [3.63, 3.8) is 0 Å². The van der Waals surface area contributed by atoms with Crippen LogP contribution in [-0.4, -0.2) is 15.5 Å². The molecule has 4 nitrogen and oxygen atoms in total. The SMILES string of the molecule is O=C(Nc1ccc(Cn2ccnc2)cc1)c1cccc2ccccc12. The number of fused-ring (bicyclic) bond motifs is 1. The van der Waals surface area contributed by atoms with Crippen molar-refractivity contribution in [2.45, 2.75) is 6.54 Å². The summed E-state index contributed by atoms with van der Waals surface area (Å²) < 4.78 is 2.00. The van der Waals surface area contributed by atoms with Crippen molar-refractivity contribution in [2.75, 3.05) is 5.32 Å². The molecule has 3 aromatic carbocycles. The lowest BCUT2D eigenvalue weighted by Gasteiger charge is -2.09. The molecule has 1 amide bonds. The van der Waals surface area contributed by atoms with Crippen LogP contribution >= 0.6 is 0 Å². The Morgan fingerprint density at radius 1 is 0.960 bits per heavy atom. The lowest BCUT2D eigenvalue weighted by atomic mass is 10.0. The summed E-state index contributed by atoms with van der Waals surface area (Å²) in [5.74, 6) is -0.0980. The zero-order valence-corrected chi connectivity index (χ0v) is 13.6. The molecule has 1 N–H and O–H groups in total. The fraction of sp³-hybridized carbons (Fsp3) is 0.0476. The van der Waals surface area contributed by atoms with E-state index in [1.807, 2.05) is 77.5 Å². The molecular formula is C21H17N3O. The van der Waals surface area contributed by atoms with E-state index in [9.17, 15) is 4.79 Å². The lowest BCUT2D eigenvalue weighted by Crippen LogP contribution is -2.12. The van der Waals surface area contributed by atoms with Gasteiger partial charge in [-0.1, -0.05) is 48.5 Å². The Kier molecular flexibility index (Phi) is 4.01. The normalized spacial score (nSPS) is 10.7. The fourth-order valence-electron chi connectivity index (χ4n) is 2.91. The quantitative estimate of drug-likeness (QED) is 0.606. The van der Waals surface area contributed by atoms with E-state index < -0.39 is 0 Å². The van der Waals surface area contributed by atoms with Crippen LogP contribution in [0.2, 0.25) is 0 Å². The molecule has 1 heterocycles. The second-order valence-corrected chi connectivity index (χ2v) is 5.91. The van der Waals surface area contributed by atoms with Crippen molar-refractivity contribution in [3.05, 3.63) is 96.6 Å². The molecule has 0 bridgehead atoms. The summed E-state index contributed by atoms with van der Waals surface area (Å²) in [6.45, 7) is 0.761. The molecular weight excluding hydrogens is 310 g/mol. The number of imidazole rings is 1. The Balaban J connectivity index is 1.52. The van der Waals surface area contributed by atoms with E-state index in [0.29, 0.717) is 5.56 Å². The van der Waals surface area contributed by atoms with Crippen LogP contribution in [0.4, 0.5) is 5.69 Å². The molecule has 4 rings (SSSR count). The highest BCUT2D eigenvalue weighted by molar-refractivity contribution is 6.12. The molecule has 0 fully saturated rings. The molecule has 25 heavy (non-hydrogen) atoms. The van der Waals surface area contributed by atoms with Gasteiger partial charge in [-0.05, 0) is 34.5 Å². The zero-order valence-electron chi connectivity index (χ0n) is 13.6. The standard InChI is InChI=1S/C21H17N3O/c25-21(20-7-3-5-17-4-1-2-6-19(17)20)23-18-10-8-16(9-11-18)14-24-13-12-22-15-24/h1-13,15H,14H2,(H,23,25). The van der Waals surface area contributed by atoms with E-state index in [1.165, 1.54) is 0 Å². The number of nitrogens with one attached hydrogen (secondary N) is 1. The van der Waals surface area contributed by atoms with Crippen LogP contribution in [0, 0.1) is 0 Å². The van der Waals surface area contributed by atoms with Crippen LogP contribution in [0.1, 0.15) is 15.9 Å². The molecule has 0 radical (unpaired) electrons. The predicted octanol–water partition coefficient (Wildman–Crippen LogP) is 4.34. The molecule has 4 heteroatoms. The number of carbonyl (C=O) groups is 1. The highest BCUT2D eigenvalue weighted by Gasteiger charge is 2.09. The van der Waals surface area contributed by atoms with Gasteiger partial charge in [0.25, 0.3) is 5.91 Å². The summed E-state index contributed by atoms with van der Waals surface area (Å²) in [6.07, 6.45) is 5.48. The van der Waals surface area contributed by atoms with Gasteiger partial charge in [-0.25, -0.2) is 4.98 Å². The first-order valence-electron chi connectivity index (χ1n) is 8.13. The molecule has 4 aromatic rings. The van der Waals surface area contributed by atoms with Gasteiger partial charge in [0.2, 0.25) is 0 Å². The summed E-state index contributed by atoms with van der Waals surface area (Å²) in [7, 11) is 0. The van der Waals surface area contributed by atoms with E-state index in [-0.39, 0.29) is 5.91 Å². The van der Waals surface area contributed by atoms with Crippen LogP contribution in [0.25, 0.3) is 10.8 Å². The van der Waals surface area contributed by atoms with Gasteiger partial charge >= 0.3 is 0 Å². The Morgan fingerprint density at radius 2 is 1.76 bits per heavy atom. The van der Waals surface area contributed by atoms with E-state index in [0.717, 1.165) is 28.6 Å². The van der Waals surface area contributed by atoms with Crippen molar-refractivity contribution in [1.82, 2.24) is 9.55 Å². The molecule has 0 aliphatic rings. The summed E-state index contributed by atoms with van der Waals surface area (Å²) in [5.41, 5.74) is 2.62. The second kappa shape index (κ2) is 6.61. The Bertz CT molecular complexity index is 1000. The number of hydrogen-bond donors (Lipinski definition) is 1. The van der Waals surface area contributed by atoms with Crippen LogP contribution in [-0.2, 0) is 6.54 Å². The third-order valence-electron chi connectivity index (χ3n) is 4.17. The van der Waals surface area contributed by atoms with Crippen molar-refractivity contribution < 1.29 is 4.79 Å². The van der Waals surface area contributed by atoms with Gasteiger partial charge in [-0.15, -0.1) is 0 Å². The lowest BCUT2D eigenvalue weighted by molar-refractivity contribution is 0.102. The zero-order chi connectivity index (χ0) is 17.1. The molecule has 0 atom stereocenters. The van der Waals surface area contributed by atoms with Crippen LogP contribution in [0.3, 0.4) is 0 Å². The van der Waals surface area contributed by atoms with Crippen LogP contribution in [0.15, 0.2) is 85.5 Å². The van der Waals surface area contributed by atoms with Crippen molar-refractivity contribution in [1.29, 1.82) is 0 Å². The molecule has 0 saturated carbocycles. The fourth-order valence-corrected chi connectivity index (χ4v) is 2.91. The highest BCUT2D eigenvalue weighted by atomic mass is 16.1. The highest BCUT2D eigenvalue weighted by Crippen LogP contribution is 2.20. The number of nitrogens with zero attached hydrogens (tertiary/aromatic N) is 2. The van der Waals surface area contributed by atoms with Gasteiger partial charge in [0.05, 0.1) is 6.33 Å². The van der Waals surface area contributed by atoms with Crippen molar-refractivity contribution >= 4 is 22.4 Å². The first-order valence-corrected chi connectivity index (χ1v) is 8.13. The van der Waals surface area contributed by atoms with Gasteiger partial charge in [0, 0.05) is 30.2 Å². The smallest absolute Gasteiger partial charge is 0.256 e. The summed E-state index contributed by atoms with van der Waals surface area (Å²) in [4.78, 5) is 16.7. The van der Waals surface area contributed by atoms with Crippen LogP contribution < -0.4 is 5.32 Å². The average molecular weight is 327 g/mol. The van der Waals surface area contributed by atoms with Crippen molar-refractivity contribution in [2.24, 2.45) is 0 Å². The first kappa shape index (κ1) is 15.1. The van der Waals surface area contributed by atoms with Gasteiger partial charge in [0.15, 0.2) is 0 Å². The second-order valence-electron chi connectivity index (χ2n) is 5.91. The summed E-state index contributed by atoms with van der Waals surface area (Å²) in [5, 5.41) is 5.00. The minimum absolute atomic E-state index is 0.0980. The molecule has 0 aliphatic carbocycles. The molecule has 122 valence electrons. The summed E-state index contributed by atoms with van der Waals surface area (Å²) >= 11 is 0. The maximum absolute atomic E-state index is 12.6. The number of benzene rings is 3. The number of aromatic nitrogens is 2. The van der Waals surface area contributed by atoms with E-state index in [4.69, 9.17) is 0 Å². The van der Waals surface area contributed by atoms with Gasteiger partial charge < -0.3 is 9.88 Å². The third-order valence-corrected chi connectivity index (χ3v) is 4.17. The molecule has 0 unspecified atom stereocenters. The Hall–Kier alpha value is -3.40. The predicted molar refractivity (Wildman–Crippen MR) is 99.7 cm³/mol. The number of anilines is 1. The van der Waals surface area contributed by atoms with E-state index >= 15 is 0 Å². The topological polar surface area (TPSA) is 46.9 Å². The molecule has 0 saturated heterocycles. The minimum atomic E-state index is -0.0980. The minimum Gasteiger partial charge on any atom is -0.333 e. The Labute approximate surface area is 145 Å². The number of carbonyl (C=O) groups excluding carboxylic acids is 1. The number of amides is 1. The maximum Gasteiger partial charge on any atom is 0.256 e. The largest absolute Gasteiger partial charge is 0.333 e. The maximum atomic E-state index is 12.6. The Morgan fingerprint density at radius 3 is 2.56 bits per heavy atom. The number of rotatable bonds is 4. The van der Waals surface area contributed by atoms with Crippen LogP contribution in [0.5, 0.6) is 0 Å². The first-order chi connectivity index (χ1) is 12.3. The van der Waals surface area contributed by atoms with Gasteiger partial charge in [0.1, 0.15) is 0 Å². The van der Waals surface area contributed by atoms with E-state index in [2.05, 4.69) is 10.3 Å². The molecule has 0 aliphatic heterocycles. The monoisotopic (exact) mass is 327 g/mol. The van der Waals surface area contributed by atoms with E-state index in [1.54, 1.807) is 12.5 Å².